The number of anilines is 1. The molecule has 0 aliphatic rings. The highest BCUT2D eigenvalue weighted by molar-refractivity contribution is 5.54. The molecule has 0 atom stereocenters. The Morgan fingerprint density at radius 3 is 2.58 bits per heavy atom. The molecule has 0 aromatic heterocycles. The van der Waals surface area contributed by atoms with Gasteiger partial charge in [0.15, 0.2) is 0 Å². The van der Waals surface area contributed by atoms with Gasteiger partial charge in [-0.05, 0) is 18.6 Å². The molecule has 4 nitrogen and oxygen atoms in total. The van der Waals surface area contributed by atoms with Crippen LogP contribution in [0.25, 0.3) is 0 Å². The van der Waals surface area contributed by atoms with E-state index in [0.29, 0.717) is 18.8 Å². The summed E-state index contributed by atoms with van der Waals surface area (Å²) in [5.41, 5.74) is 1.51. The molecule has 0 aliphatic carbocycles. The summed E-state index contributed by atoms with van der Waals surface area (Å²) in [6.07, 6.45) is 0. The first-order valence-corrected chi connectivity index (χ1v) is 6.15. The second kappa shape index (κ2) is 6.11. The lowest BCUT2D eigenvalue weighted by Gasteiger charge is -2.20. The van der Waals surface area contributed by atoms with Crippen LogP contribution in [0.2, 0.25) is 0 Å². The lowest BCUT2D eigenvalue weighted by atomic mass is 10.2. The Morgan fingerprint density at radius 2 is 1.89 bits per heavy atom. The predicted molar refractivity (Wildman–Crippen MR) is 71.5 cm³/mol. The van der Waals surface area contributed by atoms with Crippen LogP contribution < -0.4 is 14.9 Å². The van der Waals surface area contributed by atoms with Gasteiger partial charge in [-0.15, -0.1) is 0 Å². The van der Waals surface area contributed by atoms with Crippen molar-refractivity contribution >= 4 is 5.69 Å². The number of hydroxylamine groups is 1. The highest BCUT2D eigenvalue weighted by Gasteiger charge is 2.06. The zero-order chi connectivity index (χ0) is 13.7. The third kappa shape index (κ3) is 3.39. The fourth-order valence-corrected chi connectivity index (χ4v) is 1.77. The molecular weight excluding hydrogens is 242 g/mol. The molecule has 0 heterocycles. The van der Waals surface area contributed by atoms with Crippen LogP contribution in [0, 0.1) is 0 Å². The van der Waals surface area contributed by atoms with E-state index in [-0.39, 0.29) is 11.5 Å². The zero-order valence-electron chi connectivity index (χ0n) is 10.7. The molecule has 19 heavy (non-hydrogen) atoms. The molecule has 0 bridgehead atoms. The molecular formula is C15H16NO3-. The van der Waals surface area contributed by atoms with E-state index < -0.39 is 0 Å². The highest BCUT2D eigenvalue weighted by Crippen LogP contribution is 2.28. The van der Waals surface area contributed by atoms with Gasteiger partial charge in [0, 0.05) is 6.07 Å². The SMILES string of the molecule is CCOc1cc(N(O)Cc2ccccc2)ccc1[O-]. The molecule has 0 saturated heterocycles. The summed E-state index contributed by atoms with van der Waals surface area (Å²) < 4.78 is 5.23. The Hall–Kier alpha value is -2.20. The number of hydrogen-bond acceptors (Lipinski definition) is 4. The first-order chi connectivity index (χ1) is 9.20. The first-order valence-electron chi connectivity index (χ1n) is 6.15. The summed E-state index contributed by atoms with van der Waals surface area (Å²) in [5, 5.41) is 22.6. The number of hydrogen-bond donors (Lipinski definition) is 1. The quantitative estimate of drug-likeness (QED) is 0.837. The van der Waals surface area contributed by atoms with Crippen LogP contribution in [0.5, 0.6) is 11.5 Å². The number of ether oxygens (including phenoxy) is 1. The summed E-state index contributed by atoms with van der Waals surface area (Å²) in [5.74, 6) is 0.0748. The molecule has 100 valence electrons. The molecule has 2 rings (SSSR count). The Bertz CT molecular complexity index is 528. The van der Waals surface area contributed by atoms with Gasteiger partial charge in [0.2, 0.25) is 0 Å². The second-order valence-electron chi connectivity index (χ2n) is 4.11. The van der Waals surface area contributed by atoms with Crippen molar-refractivity contribution in [3.63, 3.8) is 0 Å². The van der Waals surface area contributed by atoms with Crippen LogP contribution in [0.1, 0.15) is 12.5 Å². The average molecular weight is 258 g/mol. The third-order valence-corrected chi connectivity index (χ3v) is 2.70. The second-order valence-corrected chi connectivity index (χ2v) is 4.11. The van der Waals surface area contributed by atoms with Crippen molar-refractivity contribution in [2.24, 2.45) is 0 Å². The first kappa shape index (κ1) is 13.2. The maximum absolute atomic E-state index is 11.5. The Kier molecular flexibility index (Phi) is 4.26. The van der Waals surface area contributed by atoms with Gasteiger partial charge in [0.05, 0.1) is 18.8 Å². The van der Waals surface area contributed by atoms with Crippen molar-refractivity contribution < 1.29 is 15.1 Å². The Labute approximate surface area is 112 Å². The largest absolute Gasteiger partial charge is 0.870 e. The molecule has 2 aromatic rings. The topological polar surface area (TPSA) is 55.8 Å². The third-order valence-electron chi connectivity index (χ3n) is 2.70. The molecule has 0 saturated carbocycles. The summed E-state index contributed by atoms with van der Waals surface area (Å²) in [6, 6.07) is 14.1. The highest BCUT2D eigenvalue weighted by atomic mass is 16.5. The van der Waals surface area contributed by atoms with Gasteiger partial charge in [0.25, 0.3) is 0 Å². The average Bonchev–Trinajstić information content (AvgIpc) is 2.42. The summed E-state index contributed by atoms with van der Waals surface area (Å²) in [7, 11) is 0. The lowest BCUT2D eigenvalue weighted by Crippen LogP contribution is -2.17. The van der Waals surface area contributed by atoms with Gasteiger partial charge >= 0.3 is 0 Å². The van der Waals surface area contributed by atoms with Crippen molar-refractivity contribution in [1.82, 2.24) is 0 Å². The molecule has 0 aliphatic heterocycles. The van der Waals surface area contributed by atoms with Gasteiger partial charge in [-0.2, -0.15) is 0 Å². The van der Waals surface area contributed by atoms with Crippen molar-refractivity contribution in [2.45, 2.75) is 13.5 Å². The van der Waals surface area contributed by atoms with Crippen LogP contribution in [-0.2, 0) is 6.54 Å². The molecule has 0 fully saturated rings. The van der Waals surface area contributed by atoms with Crippen LogP contribution in [0.4, 0.5) is 5.69 Å². The fourth-order valence-electron chi connectivity index (χ4n) is 1.77. The van der Waals surface area contributed by atoms with Crippen LogP contribution in [0.3, 0.4) is 0 Å². The van der Waals surface area contributed by atoms with Crippen LogP contribution in [0.15, 0.2) is 48.5 Å². The Balaban J connectivity index is 2.15. The minimum Gasteiger partial charge on any atom is -0.870 e. The van der Waals surface area contributed by atoms with E-state index in [9.17, 15) is 10.3 Å². The lowest BCUT2D eigenvalue weighted by molar-refractivity contribution is -0.270. The summed E-state index contributed by atoms with van der Waals surface area (Å²) >= 11 is 0. The van der Waals surface area contributed by atoms with Crippen LogP contribution >= 0.6 is 0 Å². The van der Waals surface area contributed by atoms with E-state index in [0.717, 1.165) is 10.6 Å². The van der Waals surface area contributed by atoms with E-state index in [2.05, 4.69) is 0 Å². The monoisotopic (exact) mass is 258 g/mol. The molecule has 2 aromatic carbocycles. The van der Waals surface area contributed by atoms with E-state index in [1.54, 1.807) is 12.1 Å². The Morgan fingerprint density at radius 1 is 1.16 bits per heavy atom. The minimum atomic E-state index is -0.182. The van der Waals surface area contributed by atoms with E-state index in [1.807, 2.05) is 37.3 Å². The van der Waals surface area contributed by atoms with Crippen LogP contribution in [-0.4, -0.2) is 11.8 Å². The smallest absolute Gasteiger partial charge is 0.113 e. The van der Waals surface area contributed by atoms with Gasteiger partial charge in [-0.1, -0.05) is 42.1 Å². The van der Waals surface area contributed by atoms with Gasteiger partial charge in [-0.25, -0.2) is 0 Å². The molecule has 0 radical (unpaired) electrons. The number of nitrogens with zero attached hydrogens (tertiary/aromatic N) is 1. The normalized spacial score (nSPS) is 10.2. The minimum absolute atomic E-state index is 0.182. The maximum Gasteiger partial charge on any atom is 0.113 e. The number of rotatable bonds is 5. The van der Waals surface area contributed by atoms with E-state index in [1.165, 1.54) is 6.07 Å². The van der Waals surface area contributed by atoms with Gasteiger partial charge < -0.3 is 9.84 Å². The predicted octanol–water partition coefficient (Wildman–Crippen LogP) is 2.55. The van der Waals surface area contributed by atoms with Crippen molar-refractivity contribution in [1.29, 1.82) is 0 Å². The summed E-state index contributed by atoms with van der Waals surface area (Å²) in [6.45, 7) is 2.58. The maximum atomic E-state index is 11.5. The zero-order valence-corrected chi connectivity index (χ0v) is 10.7. The fraction of sp³-hybridized carbons (Fsp3) is 0.200. The molecule has 4 heteroatoms. The van der Waals surface area contributed by atoms with Crippen molar-refractivity contribution in [2.75, 3.05) is 11.7 Å². The summed E-state index contributed by atoms with van der Waals surface area (Å²) in [4.78, 5) is 0. The van der Waals surface area contributed by atoms with Crippen molar-refractivity contribution in [3.8, 4) is 11.5 Å². The molecule has 0 unspecified atom stereocenters. The molecule has 0 spiro atoms. The van der Waals surface area contributed by atoms with E-state index in [4.69, 9.17) is 4.74 Å². The standard InChI is InChI=1S/C15H17NO3/c1-2-19-15-10-13(8-9-14(15)17)16(18)11-12-6-4-3-5-7-12/h3-10,17-18H,2,11H2,1H3/p-1. The van der Waals surface area contributed by atoms with Crippen molar-refractivity contribution in [3.05, 3.63) is 54.1 Å². The molecule has 1 N–H and O–H groups in total. The molecule has 0 amide bonds. The van der Waals surface area contributed by atoms with Gasteiger partial charge in [0.1, 0.15) is 5.75 Å². The number of benzene rings is 2. The van der Waals surface area contributed by atoms with E-state index >= 15 is 0 Å². The van der Waals surface area contributed by atoms with Gasteiger partial charge in [-0.3, -0.25) is 10.3 Å².